The van der Waals surface area contributed by atoms with Gasteiger partial charge in [0.05, 0.1) is 11.7 Å². The highest BCUT2D eigenvalue weighted by molar-refractivity contribution is 5.18. The zero-order chi connectivity index (χ0) is 13.2. The van der Waals surface area contributed by atoms with E-state index in [4.69, 9.17) is 10.5 Å². The maximum Gasteiger partial charge on any atom is 0.0757 e. The van der Waals surface area contributed by atoms with E-state index in [1.165, 1.54) is 5.56 Å². The molecule has 18 heavy (non-hydrogen) atoms. The summed E-state index contributed by atoms with van der Waals surface area (Å²) in [5, 5.41) is 0. The third-order valence-electron chi connectivity index (χ3n) is 3.32. The molecule has 1 fully saturated rings. The van der Waals surface area contributed by atoms with Crippen LogP contribution in [-0.2, 0) is 4.74 Å². The topological polar surface area (TPSA) is 38.5 Å². The Morgan fingerprint density at radius 2 is 2.06 bits per heavy atom. The predicted octanol–water partition coefficient (Wildman–Crippen LogP) is 2.19. The summed E-state index contributed by atoms with van der Waals surface area (Å²) in [5.74, 6) is 0. The van der Waals surface area contributed by atoms with E-state index in [9.17, 15) is 0 Å². The molecule has 1 aromatic rings. The van der Waals surface area contributed by atoms with Crippen LogP contribution in [0, 0.1) is 0 Å². The first-order valence-corrected chi connectivity index (χ1v) is 6.67. The second-order valence-electron chi connectivity index (χ2n) is 5.90. The molecule has 1 aliphatic heterocycles. The number of nitrogens with two attached hydrogens (primary N) is 1. The minimum absolute atomic E-state index is 0.0753. The van der Waals surface area contributed by atoms with E-state index >= 15 is 0 Å². The molecule has 3 nitrogen and oxygen atoms in total. The van der Waals surface area contributed by atoms with Crippen molar-refractivity contribution in [3.8, 4) is 0 Å². The van der Waals surface area contributed by atoms with E-state index in [-0.39, 0.29) is 17.7 Å². The third kappa shape index (κ3) is 3.55. The third-order valence-corrected chi connectivity index (χ3v) is 3.32. The number of nitrogens with zero attached hydrogens (tertiary/aromatic N) is 1. The van der Waals surface area contributed by atoms with Gasteiger partial charge in [0.2, 0.25) is 0 Å². The molecule has 0 radical (unpaired) electrons. The van der Waals surface area contributed by atoms with E-state index in [0.717, 1.165) is 19.6 Å². The van der Waals surface area contributed by atoms with Crippen LogP contribution in [0.1, 0.15) is 32.4 Å². The molecule has 2 unspecified atom stereocenters. The number of hydrogen-bond donors (Lipinski definition) is 1. The molecule has 2 N–H and O–H groups in total. The second-order valence-corrected chi connectivity index (χ2v) is 5.90. The van der Waals surface area contributed by atoms with Crippen molar-refractivity contribution in [3.05, 3.63) is 35.9 Å². The molecule has 0 aliphatic carbocycles. The Morgan fingerprint density at radius 3 is 2.67 bits per heavy atom. The highest BCUT2D eigenvalue weighted by Gasteiger charge is 2.31. The Labute approximate surface area is 110 Å². The Kier molecular flexibility index (Phi) is 4.05. The van der Waals surface area contributed by atoms with Gasteiger partial charge >= 0.3 is 0 Å². The fourth-order valence-corrected chi connectivity index (χ4v) is 2.81. The van der Waals surface area contributed by atoms with Crippen LogP contribution in [0.4, 0.5) is 0 Å². The van der Waals surface area contributed by atoms with Gasteiger partial charge in [0.15, 0.2) is 0 Å². The smallest absolute Gasteiger partial charge is 0.0757 e. The minimum Gasteiger partial charge on any atom is -0.370 e. The molecule has 100 valence electrons. The highest BCUT2D eigenvalue weighted by Crippen LogP contribution is 2.22. The summed E-state index contributed by atoms with van der Waals surface area (Å²) in [5.41, 5.74) is 7.41. The Bertz CT molecular complexity index is 377. The fraction of sp³-hybridized carbons (Fsp3) is 0.600. The second kappa shape index (κ2) is 5.39. The first-order valence-electron chi connectivity index (χ1n) is 6.67. The normalized spacial score (nSPS) is 25.9. The largest absolute Gasteiger partial charge is 0.370 e. The zero-order valence-corrected chi connectivity index (χ0v) is 11.6. The van der Waals surface area contributed by atoms with Gasteiger partial charge in [0, 0.05) is 25.7 Å². The SMILES string of the molecule is CC1CN(CC(N)c2ccccc2)CC(C)(C)O1. The molecule has 1 saturated heterocycles. The number of ether oxygens (including phenoxy) is 1. The standard InChI is InChI=1S/C15H24N2O/c1-12-9-17(11-15(2,3)18-12)10-14(16)13-7-5-4-6-8-13/h4-8,12,14H,9-11,16H2,1-3H3. The molecule has 1 aromatic carbocycles. The lowest BCUT2D eigenvalue weighted by Gasteiger charge is -2.42. The van der Waals surface area contributed by atoms with E-state index in [1.54, 1.807) is 0 Å². The number of benzene rings is 1. The van der Waals surface area contributed by atoms with Crippen LogP contribution < -0.4 is 5.73 Å². The van der Waals surface area contributed by atoms with Gasteiger partial charge < -0.3 is 10.5 Å². The van der Waals surface area contributed by atoms with E-state index < -0.39 is 0 Å². The van der Waals surface area contributed by atoms with Crippen LogP contribution in [0.15, 0.2) is 30.3 Å². The van der Waals surface area contributed by atoms with Gasteiger partial charge in [-0.15, -0.1) is 0 Å². The van der Waals surface area contributed by atoms with Gasteiger partial charge in [-0.25, -0.2) is 0 Å². The van der Waals surface area contributed by atoms with Gasteiger partial charge in [0.25, 0.3) is 0 Å². The molecule has 0 amide bonds. The summed E-state index contributed by atoms with van der Waals surface area (Å²) < 4.78 is 5.91. The van der Waals surface area contributed by atoms with E-state index in [2.05, 4.69) is 37.8 Å². The van der Waals surface area contributed by atoms with Gasteiger partial charge in [-0.05, 0) is 26.3 Å². The molecule has 0 aromatic heterocycles. The monoisotopic (exact) mass is 248 g/mol. The van der Waals surface area contributed by atoms with Gasteiger partial charge in [0.1, 0.15) is 0 Å². The average molecular weight is 248 g/mol. The molecular formula is C15H24N2O. The summed E-state index contributed by atoms with van der Waals surface area (Å²) in [6, 6.07) is 10.4. The average Bonchev–Trinajstić information content (AvgIpc) is 2.27. The molecule has 2 rings (SSSR count). The van der Waals surface area contributed by atoms with Gasteiger partial charge in [-0.3, -0.25) is 4.90 Å². The van der Waals surface area contributed by atoms with Crippen molar-refractivity contribution in [1.82, 2.24) is 4.90 Å². The molecule has 0 saturated carbocycles. The van der Waals surface area contributed by atoms with Crippen molar-refractivity contribution >= 4 is 0 Å². The van der Waals surface area contributed by atoms with E-state index in [1.807, 2.05) is 18.2 Å². The lowest BCUT2D eigenvalue weighted by molar-refractivity contribution is -0.129. The van der Waals surface area contributed by atoms with Crippen LogP contribution in [0.25, 0.3) is 0 Å². The summed E-state index contributed by atoms with van der Waals surface area (Å²) in [4.78, 5) is 2.41. The van der Waals surface area contributed by atoms with Gasteiger partial charge in [-0.1, -0.05) is 30.3 Å². The Hall–Kier alpha value is -0.900. The lowest BCUT2D eigenvalue weighted by Crippen LogP contribution is -2.53. The van der Waals surface area contributed by atoms with Crippen LogP contribution in [0.2, 0.25) is 0 Å². The van der Waals surface area contributed by atoms with Gasteiger partial charge in [-0.2, -0.15) is 0 Å². The fourth-order valence-electron chi connectivity index (χ4n) is 2.81. The summed E-state index contributed by atoms with van der Waals surface area (Å²) in [7, 11) is 0. The summed E-state index contributed by atoms with van der Waals surface area (Å²) >= 11 is 0. The number of morpholine rings is 1. The van der Waals surface area contributed by atoms with E-state index in [0.29, 0.717) is 0 Å². The molecule has 2 atom stereocenters. The van der Waals surface area contributed by atoms with Crippen molar-refractivity contribution < 1.29 is 4.74 Å². The molecule has 1 aliphatic rings. The molecular weight excluding hydrogens is 224 g/mol. The first-order chi connectivity index (χ1) is 8.46. The molecule has 0 bridgehead atoms. The summed E-state index contributed by atoms with van der Waals surface area (Å²) in [6.45, 7) is 9.21. The molecule has 3 heteroatoms. The predicted molar refractivity (Wildman–Crippen MR) is 74.4 cm³/mol. The zero-order valence-electron chi connectivity index (χ0n) is 11.6. The van der Waals surface area contributed by atoms with Crippen LogP contribution in [0.3, 0.4) is 0 Å². The maximum absolute atomic E-state index is 6.28. The van der Waals surface area contributed by atoms with Crippen molar-refractivity contribution in [3.63, 3.8) is 0 Å². The quantitative estimate of drug-likeness (QED) is 0.891. The Balaban J connectivity index is 1.97. The van der Waals surface area contributed by atoms with Crippen molar-refractivity contribution in [2.24, 2.45) is 5.73 Å². The number of rotatable bonds is 3. The molecule has 0 spiro atoms. The van der Waals surface area contributed by atoms with Crippen molar-refractivity contribution in [2.45, 2.75) is 38.5 Å². The van der Waals surface area contributed by atoms with Crippen LogP contribution in [0.5, 0.6) is 0 Å². The van der Waals surface area contributed by atoms with Crippen molar-refractivity contribution in [1.29, 1.82) is 0 Å². The lowest BCUT2D eigenvalue weighted by atomic mass is 10.0. The van der Waals surface area contributed by atoms with Crippen LogP contribution >= 0.6 is 0 Å². The minimum atomic E-state index is -0.0753. The maximum atomic E-state index is 6.28. The highest BCUT2D eigenvalue weighted by atomic mass is 16.5. The first kappa shape index (κ1) is 13.5. The molecule has 1 heterocycles. The van der Waals surface area contributed by atoms with Crippen LogP contribution in [-0.4, -0.2) is 36.2 Å². The number of hydrogen-bond acceptors (Lipinski definition) is 3. The Morgan fingerprint density at radius 1 is 1.39 bits per heavy atom. The van der Waals surface area contributed by atoms with Crippen molar-refractivity contribution in [2.75, 3.05) is 19.6 Å². The summed E-state index contributed by atoms with van der Waals surface area (Å²) in [6.07, 6.45) is 0.275.